The van der Waals surface area contributed by atoms with Crippen LogP contribution in [-0.4, -0.2) is 19.2 Å². The van der Waals surface area contributed by atoms with Crippen LogP contribution < -0.4 is 10.2 Å². The van der Waals surface area contributed by atoms with Gasteiger partial charge in [-0.1, -0.05) is 15.9 Å². The van der Waals surface area contributed by atoms with Gasteiger partial charge in [-0.3, -0.25) is 4.79 Å². The van der Waals surface area contributed by atoms with E-state index in [9.17, 15) is 4.79 Å². The number of halogens is 1. The third kappa shape index (κ3) is 3.72. The third-order valence-corrected chi connectivity index (χ3v) is 3.34. The molecular formula is C15H15BrN2O3. The number of hydrazone groups is 1. The summed E-state index contributed by atoms with van der Waals surface area (Å²) in [5, 5.41) is 3.95. The van der Waals surface area contributed by atoms with Crippen LogP contribution in [-0.2, 0) is 0 Å². The first kappa shape index (κ1) is 15.3. The number of furan rings is 1. The van der Waals surface area contributed by atoms with Crippen LogP contribution in [0.3, 0.4) is 0 Å². The van der Waals surface area contributed by atoms with Crippen molar-refractivity contribution in [2.75, 3.05) is 7.11 Å². The molecule has 1 aromatic heterocycles. The van der Waals surface area contributed by atoms with Crippen LogP contribution in [0.4, 0.5) is 0 Å². The van der Waals surface area contributed by atoms with Gasteiger partial charge in [-0.05, 0) is 38.1 Å². The number of amides is 1. The molecule has 0 aliphatic heterocycles. The molecule has 0 fully saturated rings. The zero-order valence-electron chi connectivity index (χ0n) is 11.9. The molecule has 0 atom stereocenters. The average Bonchev–Trinajstić information content (AvgIpc) is 2.78. The summed E-state index contributed by atoms with van der Waals surface area (Å²) in [6.07, 6.45) is 1.53. The van der Waals surface area contributed by atoms with E-state index in [-0.39, 0.29) is 5.91 Å². The van der Waals surface area contributed by atoms with E-state index in [0.29, 0.717) is 22.8 Å². The molecular weight excluding hydrogens is 336 g/mol. The molecule has 5 nitrogen and oxygen atoms in total. The molecule has 0 aliphatic carbocycles. The standard InChI is InChI=1S/C15H15BrN2O3/c1-9-6-13(10(2)21-9)15(19)18-17-8-11-7-12(16)4-5-14(11)20-3/h4-8H,1-3H3,(H,18,19). The van der Waals surface area contributed by atoms with Crippen molar-refractivity contribution in [1.29, 1.82) is 0 Å². The van der Waals surface area contributed by atoms with Crippen molar-refractivity contribution >= 4 is 28.1 Å². The smallest absolute Gasteiger partial charge is 0.274 e. The maximum absolute atomic E-state index is 12.0. The van der Waals surface area contributed by atoms with E-state index in [4.69, 9.17) is 9.15 Å². The minimum Gasteiger partial charge on any atom is -0.496 e. The van der Waals surface area contributed by atoms with E-state index in [0.717, 1.165) is 10.0 Å². The van der Waals surface area contributed by atoms with Crippen LogP contribution in [0.2, 0.25) is 0 Å². The van der Waals surface area contributed by atoms with Crippen molar-refractivity contribution in [1.82, 2.24) is 5.43 Å². The number of hydrogen-bond acceptors (Lipinski definition) is 4. The van der Waals surface area contributed by atoms with Gasteiger partial charge in [0.25, 0.3) is 5.91 Å². The molecule has 0 bridgehead atoms. The molecule has 2 aromatic rings. The zero-order chi connectivity index (χ0) is 15.4. The third-order valence-electron chi connectivity index (χ3n) is 2.85. The first-order valence-corrected chi connectivity index (χ1v) is 7.04. The molecule has 0 radical (unpaired) electrons. The van der Waals surface area contributed by atoms with Gasteiger partial charge in [-0.2, -0.15) is 5.10 Å². The largest absolute Gasteiger partial charge is 0.496 e. The van der Waals surface area contributed by atoms with Crippen LogP contribution in [0.25, 0.3) is 0 Å². The fourth-order valence-corrected chi connectivity index (χ4v) is 2.26. The summed E-state index contributed by atoms with van der Waals surface area (Å²) in [4.78, 5) is 12.0. The number of methoxy groups -OCH3 is 1. The van der Waals surface area contributed by atoms with Crippen LogP contribution in [0, 0.1) is 13.8 Å². The molecule has 0 spiro atoms. The second-order valence-electron chi connectivity index (χ2n) is 4.41. The van der Waals surface area contributed by atoms with Crippen molar-refractivity contribution in [3.63, 3.8) is 0 Å². The highest BCUT2D eigenvalue weighted by atomic mass is 79.9. The molecule has 6 heteroatoms. The minimum absolute atomic E-state index is 0.311. The topological polar surface area (TPSA) is 63.8 Å². The Morgan fingerprint density at radius 3 is 2.76 bits per heavy atom. The Morgan fingerprint density at radius 1 is 1.38 bits per heavy atom. The number of benzene rings is 1. The van der Waals surface area contributed by atoms with Gasteiger partial charge in [0.05, 0.1) is 18.9 Å². The molecule has 110 valence electrons. The van der Waals surface area contributed by atoms with Crippen molar-refractivity contribution in [3.05, 3.63) is 51.4 Å². The van der Waals surface area contributed by atoms with Gasteiger partial charge in [0.2, 0.25) is 0 Å². The number of nitrogens with zero attached hydrogens (tertiary/aromatic N) is 1. The molecule has 21 heavy (non-hydrogen) atoms. The zero-order valence-corrected chi connectivity index (χ0v) is 13.5. The van der Waals surface area contributed by atoms with Crippen molar-refractivity contribution < 1.29 is 13.9 Å². The summed E-state index contributed by atoms with van der Waals surface area (Å²) >= 11 is 3.38. The minimum atomic E-state index is -0.311. The first-order valence-electron chi connectivity index (χ1n) is 6.25. The Balaban J connectivity index is 2.11. The second kappa shape index (κ2) is 6.58. The van der Waals surface area contributed by atoms with Gasteiger partial charge >= 0.3 is 0 Å². The molecule has 2 rings (SSSR count). The number of nitrogens with one attached hydrogen (secondary N) is 1. The van der Waals surface area contributed by atoms with Gasteiger partial charge < -0.3 is 9.15 Å². The van der Waals surface area contributed by atoms with Gasteiger partial charge in [-0.25, -0.2) is 5.43 Å². The van der Waals surface area contributed by atoms with Crippen molar-refractivity contribution in [3.8, 4) is 5.75 Å². The molecule has 1 heterocycles. The van der Waals surface area contributed by atoms with E-state index in [1.165, 1.54) is 6.21 Å². The Hall–Kier alpha value is -2.08. The molecule has 0 saturated carbocycles. The van der Waals surface area contributed by atoms with Crippen LogP contribution in [0.5, 0.6) is 5.75 Å². The summed E-state index contributed by atoms with van der Waals surface area (Å²) in [5.74, 6) is 1.62. The lowest BCUT2D eigenvalue weighted by Crippen LogP contribution is -2.17. The molecule has 1 N–H and O–H groups in total. The van der Waals surface area contributed by atoms with Gasteiger partial charge in [-0.15, -0.1) is 0 Å². The number of carbonyl (C=O) groups is 1. The lowest BCUT2D eigenvalue weighted by molar-refractivity contribution is 0.0953. The number of aryl methyl sites for hydroxylation is 2. The maximum Gasteiger partial charge on any atom is 0.274 e. The summed E-state index contributed by atoms with van der Waals surface area (Å²) in [6, 6.07) is 7.21. The Kier molecular flexibility index (Phi) is 4.80. The lowest BCUT2D eigenvalue weighted by atomic mass is 10.2. The van der Waals surface area contributed by atoms with Gasteiger partial charge in [0.15, 0.2) is 0 Å². The fraction of sp³-hybridized carbons (Fsp3) is 0.200. The van der Waals surface area contributed by atoms with Crippen LogP contribution >= 0.6 is 15.9 Å². The Morgan fingerprint density at radius 2 is 2.14 bits per heavy atom. The number of rotatable bonds is 4. The van der Waals surface area contributed by atoms with E-state index < -0.39 is 0 Å². The highest BCUT2D eigenvalue weighted by Crippen LogP contribution is 2.21. The summed E-state index contributed by atoms with van der Waals surface area (Å²) < 4.78 is 11.4. The number of carbonyl (C=O) groups excluding carboxylic acids is 1. The highest BCUT2D eigenvalue weighted by molar-refractivity contribution is 9.10. The average molecular weight is 351 g/mol. The second-order valence-corrected chi connectivity index (χ2v) is 5.33. The molecule has 1 aromatic carbocycles. The SMILES string of the molecule is COc1ccc(Br)cc1C=NNC(=O)c1cc(C)oc1C. The van der Waals surface area contributed by atoms with E-state index in [2.05, 4.69) is 26.5 Å². The summed E-state index contributed by atoms with van der Waals surface area (Å²) in [6.45, 7) is 3.53. The van der Waals surface area contributed by atoms with Crippen LogP contribution in [0.1, 0.15) is 27.4 Å². The van der Waals surface area contributed by atoms with E-state index in [1.807, 2.05) is 18.2 Å². The normalized spacial score (nSPS) is 10.9. The fourth-order valence-electron chi connectivity index (χ4n) is 1.88. The number of hydrogen-bond donors (Lipinski definition) is 1. The molecule has 0 unspecified atom stereocenters. The van der Waals surface area contributed by atoms with Gasteiger partial charge in [0.1, 0.15) is 17.3 Å². The predicted molar refractivity (Wildman–Crippen MR) is 83.9 cm³/mol. The number of ether oxygens (including phenoxy) is 1. The maximum atomic E-state index is 12.0. The summed E-state index contributed by atoms with van der Waals surface area (Å²) in [5.41, 5.74) is 3.71. The molecule has 1 amide bonds. The van der Waals surface area contributed by atoms with E-state index >= 15 is 0 Å². The highest BCUT2D eigenvalue weighted by Gasteiger charge is 2.12. The van der Waals surface area contributed by atoms with Crippen molar-refractivity contribution in [2.24, 2.45) is 5.10 Å². The monoisotopic (exact) mass is 350 g/mol. The lowest BCUT2D eigenvalue weighted by Gasteiger charge is -2.04. The van der Waals surface area contributed by atoms with Crippen molar-refractivity contribution in [2.45, 2.75) is 13.8 Å². The molecule has 0 saturated heterocycles. The predicted octanol–water partition coefficient (Wildman–Crippen LogP) is 3.43. The Labute approximate surface area is 131 Å². The van der Waals surface area contributed by atoms with Crippen LogP contribution in [0.15, 0.2) is 38.3 Å². The molecule has 0 aliphatic rings. The summed E-state index contributed by atoms with van der Waals surface area (Å²) in [7, 11) is 1.58. The Bertz CT molecular complexity index is 692. The first-order chi connectivity index (χ1) is 10.0. The van der Waals surface area contributed by atoms with E-state index in [1.54, 1.807) is 27.0 Å². The quantitative estimate of drug-likeness (QED) is 0.678. The van der Waals surface area contributed by atoms with Gasteiger partial charge in [0, 0.05) is 10.0 Å².